The van der Waals surface area contributed by atoms with Gasteiger partial charge in [0.15, 0.2) is 5.76 Å². The molecule has 1 atom stereocenters. The lowest BCUT2D eigenvalue weighted by atomic mass is 9.95. The molecule has 0 radical (unpaired) electrons. The topological polar surface area (TPSA) is 62.6 Å². The van der Waals surface area contributed by atoms with Crippen LogP contribution in [0.2, 0.25) is 0 Å². The monoisotopic (exact) mass is 340 g/mol. The Labute approximate surface area is 148 Å². The highest BCUT2D eigenvalue weighted by molar-refractivity contribution is 5.91. The van der Waals surface area contributed by atoms with Crippen molar-refractivity contribution in [2.75, 3.05) is 13.1 Å². The molecule has 1 N–H and O–H groups in total. The Balaban J connectivity index is 1.51. The van der Waals surface area contributed by atoms with Gasteiger partial charge in [-0.3, -0.25) is 9.59 Å². The molecule has 1 aromatic heterocycles. The minimum Gasteiger partial charge on any atom is -0.459 e. The van der Waals surface area contributed by atoms with E-state index in [2.05, 4.69) is 17.4 Å². The fourth-order valence-corrected chi connectivity index (χ4v) is 3.35. The number of rotatable bonds is 6. The van der Waals surface area contributed by atoms with E-state index in [9.17, 15) is 9.59 Å². The molecule has 0 unspecified atom stereocenters. The lowest BCUT2D eigenvalue weighted by Gasteiger charge is -2.36. The smallest absolute Gasteiger partial charge is 0.286 e. The van der Waals surface area contributed by atoms with E-state index < -0.39 is 0 Å². The van der Waals surface area contributed by atoms with E-state index >= 15 is 0 Å². The van der Waals surface area contributed by atoms with Crippen LogP contribution in [0, 0.1) is 0 Å². The van der Waals surface area contributed by atoms with Gasteiger partial charge in [0.1, 0.15) is 0 Å². The first kappa shape index (κ1) is 17.3. The first-order valence-electron chi connectivity index (χ1n) is 8.89. The average molecular weight is 340 g/mol. The SMILES string of the molecule is O=C(NCCC(=O)N1CCCC[C@@H]1Cc1ccccc1)c1ccco1. The Bertz CT molecular complexity index is 682. The first-order chi connectivity index (χ1) is 12.2. The molecule has 132 valence electrons. The molecule has 25 heavy (non-hydrogen) atoms. The summed E-state index contributed by atoms with van der Waals surface area (Å²) in [5.41, 5.74) is 1.26. The van der Waals surface area contributed by atoms with Crippen molar-refractivity contribution in [1.82, 2.24) is 10.2 Å². The molecule has 2 aromatic rings. The summed E-state index contributed by atoms with van der Waals surface area (Å²) in [7, 11) is 0. The van der Waals surface area contributed by atoms with Crippen molar-refractivity contribution in [1.29, 1.82) is 0 Å². The Kier molecular flexibility index (Phi) is 5.88. The van der Waals surface area contributed by atoms with Gasteiger partial charge in [0.05, 0.1) is 6.26 Å². The van der Waals surface area contributed by atoms with Gasteiger partial charge in [-0.15, -0.1) is 0 Å². The molecule has 1 aliphatic rings. The second kappa shape index (κ2) is 8.51. The van der Waals surface area contributed by atoms with E-state index in [1.165, 1.54) is 11.8 Å². The van der Waals surface area contributed by atoms with Crippen molar-refractivity contribution in [3.8, 4) is 0 Å². The van der Waals surface area contributed by atoms with Gasteiger partial charge in [0.2, 0.25) is 5.91 Å². The van der Waals surface area contributed by atoms with Crippen LogP contribution in [0.1, 0.15) is 41.8 Å². The summed E-state index contributed by atoms with van der Waals surface area (Å²) in [6.07, 6.45) is 5.93. The molecule has 0 saturated carbocycles. The van der Waals surface area contributed by atoms with Gasteiger partial charge in [-0.25, -0.2) is 0 Å². The van der Waals surface area contributed by atoms with Crippen molar-refractivity contribution in [2.24, 2.45) is 0 Å². The maximum absolute atomic E-state index is 12.6. The Morgan fingerprint density at radius 3 is 2.72 bits per heavy atom. The molecule has 1 saturated heterocycles. The molecule has 1 aliphatic heterocycles. The maximum Gasteiger partial charge on any atom is 0.286 e. The number of nitrogens with zero attached hydrogens (tertiary/aromatic N) is 1. The van der Waals surface area contributed by atoms with Gasteiger partial charge in [0, 0.05) is 25.6 Å². The van der Waals surface area contributed by atoms with Crippen LogP contribution in [0.25, 0.3) is 0 Å². The normalized spacial score (nSPS) is 17.3. The molecule has 5 nitrogen and oxygen atoms in total. The third-order valence-electron chi connectivity index (χ3n) is 4.63. The quantitative estimate of drug-likeness (QED) is 0.879. The van der Waals surface area contributed by atoms with Crippen LogP contribution < -0.4 is 5.32 Å². The van der Waals surface area contributed by atoms with Crippen molar-refractivity contribution in [3.05, 3.63) is 60.1 Å². The Morgan fingerprint density at radius 2 is 1.96 bits per heavy atom. The molecule has 3 rings (SSSR count). The zero-order chi connectivity index (χ0) is 17.5. The Morgan fingerprint density at radius 1 is 1.12 bits per heavy atom. The van der Waals surface area contributed by atoms with Gasteiger partial charge in [-0.1, -0.05) is 30.3 Å². The van der Waals surface area contributed by atoms with Crippen LogP contribution in [-0.2, 0) is 11.2 Å². The number of hydrogen-bond acceptors (Lipinski definition) is 3. The Hall–Kier alpha value is -2.56. The van der Waals surface area contributed by atoms with Crippen LogP contribution in [-0.4, -0.2) is 35.8 Å². The average Bonchev–Trinajstić information content (AvgIpc) is 3.18. The number of likely N-dealkylation sites (tertiary alicyclic amines) is 1. The highest BCUT2D eigenvalue weighted by Crippen LogP contribution is 2.21. The summed E-state index contributed by atoms with van der Waals surface area (Å²) in [5, 5.41) is 2.74. The van der Waals surface area contributed by atoms with E-state index in [0.717, 1.165) is 32.2 Å². The molecular weight excluding hydrogens is 316 g/mol. The minimum atomic E-state index is -0.280. The van der Waals surface area contributed by atoms with Crippen LogP contribution in [0.15, 0.2) is 53.1 Å². The summed E-state index contributed by atoms with van der Waals surface area (Å²) >= 11 is 0. The zero-order valence-corrected chi connectivity index (χ0v) is 14.3. The molecule has 0 aliphatic carbocycles. The first-order valence-corrected chi connectivity index (χ1v) is 8.89. The summed E-state index contributed by atoms with van der Waals surface area (Å²) in [6.45, 7) is 1.13. The molecule has 0 spiro atoms. The number of benzene rings is 1. The van der Waals surface area contributed by atoms with E-state index in [4.69, 9.17) is 4.42 Å². The largest absolute Gasteiger partial charge is 0.459 e. The van der Waals surface area contributed by atoms with Gasteiger partial charge < -0.3 is 14.6 Å². The molecule has 2 amide bonds. The molecule has 2 heterocycles. The molecule has 1 fully saturated rings. The third kappa shape index (κ3) is 4.72. The number of hydrogen-bond donors (Lipinski definition) is 1. The lowest BCUT2D eigenvalue weighted by molar-refractivity contribution is -0.134. The van der Waals surface area contributed by atoms with E-state index in [1.54, 1.807) is 12.1 Å². The van der Waals surface area contributed by atoms with Crippen molar-refractivity contribution >= 4 is 11.8 Å². The highest BCUT2D eigenvalue weighted by atomic mass is 16.3. The number of nitrogens with one attached hydrogen (secondary N) is 1. The minimum absolute atomic E-state index is 0.111. The summed E-state index contributed by atoms with van der Waals surface area (Å²) < 4.78 is 5.05. The standard InChI is InChI=1S/C20H24N2O3/c23-19(11-12-21-20(24)18-10-6-14-25-18)22-13-5-4-9-17(22)15-16-7-2-1-3-8-16/h1-3,6-8,10,14,17H,4-5,9,11-13,15H2,(H,21,24)/t17-/m1/s1. The van der Waals surface area contributed by atoms with Crippen molar-refractivity contribution in [2.45, 2.75) is 38.1 Å². The predicted molar refractivity (Wildman–Crippen MR) is 95.2 cm³/mol. The fourth-order valence-electron chi connectivity index (χ4n) is 3.35. The van der Waals surface area contributed by atoms with Crippen LogP contribution in [0.4, 0.5) is 0 Å². The summed E-state index contributed by atoms with van der Waals surface area (Å²) in [4.78, 5) is 26.5. The zero-order valence-electron chi connectivity index (χ0n) is 14.3. The number of piperidine rings is 1. The van der Waals surface area contributed by atoms with E-state index in [-0.39, 0.29) is 23.6 Å². The fraction of sp³-hybridized carbons (Fsp3) is 0.400. The number of furan rings is 1. The van der Waals surface area contributed by atoms with Gasteiger partial charge in [-0.05, 0) is 43.4 Å². The van der Waals surface area contributed by atoms with Gasteiger partial charge in [-0.2, -0.15) is 0 Å². The molecular formula is C20H24N2O3. The highest BCUT2D eigenvalue weighted by Gasteiger charge is 2.26. The van der Waals surface area contributed by atoms with Gasteiger partial charge in [0.25, 0.3) is 5.91 Å². The molecule has 0 bridgehead atoms. The number of carbonyl (C=O) groups is 2. The van der Waals surface area contributed by atoms with Gasteiger partial charge >= 0.3 is 0 Å². The van der Waals surface area contributed by atoms with Crippen LogP contribution in [0.3, 0.4) is 0 Å². The lowest BCUT2D eigenvalue weighted by Crippen LogP contribution is -2.45. The third-order valence-corrected chi connectivity index (χ3v) is 4.63. The van der Waals surface area contributed by atoms with Crippen LogP contribution in [0.5, 0.6) is 0 Å². The second-order valence-corrected chi connectivity index (χ2v) is 6.41. The number of amides is 2. The van der Waals surface area contributed by atoms with Crippen molar-refractivity contribution in [3.63, 3.8) is 0 Å². The maximum atomic E-state index is 12.6. The van der Waals surface area contributed by atoms with E-state index in [0.29, 0.717) is 13.0 Å². The summed E-state index contributed by atoms with van der Waals surface area (Å²) in [6, 6.07) is 13.8. The van der Waals surface area contributed by atoms with Crippen LogP contribution >= 0.6 is 0 Å². The molecule has 1 aromatic carbocycles. The van der Waals surface area contributed by atoms with E-state index in [1.807, 2.05) is 23.1 Å². The van der Waals surface area contributed by atoms with Crippen molar-refractivity contribution < 1.29 is 14.0 Å². The molecule has 5 heteroatoms. The predicted octanol–water partition coefficient (Wildman–Crippen LogP) is 3.02. The summed E-state index contributed by atoms with van der Waals surface area (Å²) in [5.74, 6) is 0.102. The number of carbonyl (C=O) groups excluding carboxylic acids is 2. The second-order valence-electron chi connectivity index (χ2n) is 6.41.